The molecular formula is C13H29N3O. The van der Waals surface area contributed by atoms with E-state index in [1.54, 1.807) is 0 Å². The molecule has 0 saturated heterocycles. The summed E-state index contributed by atoms with van der Waals surface area (Å²) in [5.74, 6) is 0.879. The molecular weight excluding hydrogens is 214 g/mol. The van der Waals surface area contributed by atoms with E-state index in [0.717, 1.165) is 13.0 Å². The molecule has 1 amide bonds. The molecule has 0 aromatic carbocycles. The Morgan fingerprint density at radius 2 is 1.94 bits per heavy atom. The third kappa shape index (κ3) is 7.34. The van der Waals surface area contributed by atoms with Crippen LogP contribution in [-0.4, -0.2) is 44.0 Å². The average molecular weight is 243 g/mol. The SMILES string of the molecule is CCC(CN)CC(=O)NC(CN(C)C)C(C)C. The van der Waals surface area contributed by atoms with Gasteiger partial charge < -0.3 is 16.0 Å². The van der Waals surface area contributed by atoms with Crippen molar-refractivity contribution >= 4 is 5.91 Å². The van der Waals surface area contributed by atoms with E-state index in [-0.39, 0.29) is 11.9 Å². The standard InChI is InChI=1S/C13H29N3O/c1-6-11(8-14)7-13(17)15-12(10(2)3)9-16(4)5/h10-12H,6-9,14H2,1-5H3,(H,15,17). The summed E-state index contributed by atoms with van der Waals surface area (Å²) in [6.07, 6.45) is 1.51. The summed E-state index contributed by atoms with van der Waals surface area (Å²) in [7, 11) is 4.05. The molecule has 2 atom stereocenters. The first-order valence-corrected chi connectivity index (χ1v) is 6.54. The highest BCUT2D eigenvalue weighted by atomic mass is 16.1. The Kier molecular flexibility index (Phi) is 8.17. The van der Waals surface area contributed by atoms with Gasteiger partial charge in [-0.15, -0.1) is 0 Å². The number of amides is 1. The van der Waals surface area contributed by atoms with E-state index < -0.39 is 0 Å². The van der Waals surface area contributed by atoms with Crippen molar-refractivity contribution in [3.63, 3.8) is 0 Å². The summed E-state index contributed by atoms with van der Waals surface area (Å²) < 4.78 is 0. The van der Waals surface area contributed by atoms with Gasteiger partial charge in [0.05, 0.1) is 0 Å². The van der Waals surface area contributed by atoms with Gasteiger partial charge in [-0.05, 0) is 32.5 Å². The van der Waals surface area contributed by atoms with Gasteiger partial charge in [-0.3, -0.25) is 4.79 Å². The highest BCUT2D eigenvalue weighted by Gasteiger charge is 2.18. The van der Waals surface area contributed by atoms with Crippen molar-refractivity contribution in [2.75, 3.05) is 27.2 Å². The van der Waals surface area contributed by atoms with Crippen LogP contribution >= 0.6 is 0 Å². The topological polar surface area (TPSA) is 58.4 Å². The maximum atomic E-state index is 11.9. The smallest absolute Gasteiger partial charge is 0.220 e. The fourth-order valence-electron chi connectivity index (χ4n) is 1.74. The molecule has 0 heterocycles. The van der Waals surface area contributed by atoms with Gasteiger partial charge >= 0.3 is 0 Å². The molecule has 0 aliphatic carbocycles. The van der Waals surface area contributed by atoms with E-state index >= 15 is 0 Å². The average Bonchev–Trinajstić information content (AvgIpc) is 2.24. The van der Waals surface area contributed by atoms with Crippen LogP contribution < -0.4 is 11.1 Å². The number of hydrogen-bond donors (Lipinski definition) is 2. The summed E-state index contributed by atoms with van der Waals surface area (Å²) >= 11 is 0. The Morgan fingerprint density at radius 3 is 2.29 bits per heavy atom. The largest absolute Gasteiger partial charge is 0.352 e. The van der Waals surface area contributed by atoms with Crippen molar-refractivity contribution in [1.29, 1.82) is 0 Å². The van der Waals surface area contributed by atoms with Crippen molar-refractivity contribution in [2.45, 2.75) is 39.7 Å². The Morgan fingerprint density at radius 1 is 1.35 bits per heavy atom. The van der Waals surface area contributed by atoms with Crippen LogP contribution in [0.3, 0.4) is 0 Å². The van der Waals surface area contributed by atoms with Gasteiger partial charge in [-0.25, -0.2) is 0 Å². The second kappa shape index (κ2) is 8.48. The number of carbonyl (C=O) groups excluding carboxylic acids is 1. The lowest BCUT2D eigenvalue weighted by molar-refractivity contribution is -0.123. The molecule has 0 bridgehead atoms. The fraction of sp³-hybridized carbons (Fsp3) is 0.923. The number of nitrogens with two attached hydrogens (primary N) is 1. The van der Waals surface area contributed by atoms with Crippen LogP contribution in [0.25, 0.3) is 0 Å². The van der Waals surface area contributed by atoms with E-state index in [0.29, 0.717) is 24.8 Å². The number of hydrogen-bond acceptors (Lipinski definition) is 3. The molecule has 2 unspecified atom stereocenters. The molecule has 0 aliphatic rings. The maximum Gasteiger partial charge on any atom is 0.220 e. The monoisotopic (exact) mass is 243 g/mol. The van der Waals surface area contributed by atoms with Gasteiger partial charge in [0.25, 0.3) is 0 Å². The van der Waals surface area contributed by atoms with E-state index in [9.17, 15) is 4.79 Å². The third-order valence-corrected chi connectivity index (χ3v) is 3.10. The predicted octanol–water partition coefficient (Wildman–Crippen LogP) is 1.06. The van der Waals surface area contributed by atoms with Crippen LogP contribution in [0.4, 0.5) is 0 Å². The Labute approximate surface area is 106 Å². The van der Waals surface area contributed by atoms with E-state index in [1.165, 1.54) is 0 Å². The number of likely N-dealkylation sites (N-methyl/N-ethyl adjacent to an activating group) is 1. The normalized spacial score (nSPS) is 15.1. The highest BCUT2D eigenvalue weighted by molar-refractivity contribution is 5.76. The fourth-order valence-corrected chi connectivity index (χ4v) is 1.74. The van der Waals surface area contributed by atoms with Gasteiger partial charge in [0.15, 0.2) is 0 Å². The molecule has 0 aromatic heterocycles. The lowest BCUT2D eigenvalue weighted by Gasteiger charge is -2.26. The van der Waals surface area contributed by atoms with E-state index in [1.807, 2.05) is 14.1 Å². The predicted molar refractivity (Wildman–Crippen MR) is 72.8 cm³/mol. The zero-order chi connectivity index (χ0) is 13.4. The van der Waals surface area contributed by atoms with Crippen LogP contribution in [0, 0.1) is 11.8 Å². The van der Waals surface area contributed by atoms with Crippen LogP contribution in [0.5, 0.6) is 0 Å². The van der Waals surface area contributed by atoms with Gasteiger partial charge in [0, 0.05) is 19.0 Å². The molecule has 4 heteroatoms. The van der Waals surface area contributed by atoms with E-state index in [4.69, 9.17) is 5.73 Å². The molecule has 0 aliphatic heterocycles. The van der Waals surface area contributed by atoms with Crippen LogP contribution in [0.1, 0.15) is 33.6 Å². The molecule has 17 heavy (non-hydrogen) atoms. The van der Waals surface area contributed by atoms with Crippen LogP contribution in [-0.2, 0) is 4.79 Å². The number of nitrogens with one attached hydrogen (secondary N) is 1. The van der Waals surface area contributed by atoms with Crippen molar-refractivity contribution < 1.29 is 4.79 Å². The Balaban J connectivity index is 4.21. The molecule has 0 radical (unpaired) electrons. The number of nitrogens with zero attached hydrogens (tertiary/aromatic N) is 1. The first kappa shape index (κ1) is 16.4. The molecule has 0 fully saturated rings. The Bertz CT molecular complexity index is 213. The van der Waals surface area contributed by atoms with Crippen molar-refractivity contribution in [3.8, 4) is 0 Å². The molecule has 3 N–H and O–H groups in total. The van der Waals surface area contributed by atoms with Gasteiger partial charge in [-0.2, -0.15) is 0 Å². The molecule has 102 valence electrons. The lowest BCUT2D eigenvalue weighted by atomic mass is 10.00. The van der Waals surface area contributed by atoms with Gasteiger partial charge in [0.2, 0.25) is 5.91 Å². The quantitative estimate of drug-likeness (QED) is 0.670. The maximum absolute atomic E-state index is 11.9. The van der Waals surface area contributed by atoms with E-state index in [2.05, 4.69) is 31.0 Å². The van der Waals surface area contributed by atoms with Crippen molar-refractivity contribution in [3.05, 3.63) is 0 Å². The van der Waals surface area contributed by atoms with Crippen molar-refractivity contribution in [2.24, 2.45) is 17.6 Å². The second-order valence-corrected chi connectivity index (χ2v) is 5.39. The molecule has 0 saturated carbocycles. The first-order chi connectivity index (χ1) is 7.90. The molecule has 4 nitrogen and oxygen atoms in total. The summed E-state index contributed by atoms with van der Waals surface area (Å²) in [6, 6.07) is 0.216. The minimum atomic E-state index is 0.128. The third-order valence-electron chi connectivity index (χ3n) is 3.10. The van der Waals surface area contributed by atoms with Crippen LogP contribution in [0.15, 0.2) is 0 Å². The molecule has 0 aromatic rings. The highest BCUT2D eigenvalue weighted by Crippen LogP contribution is 2.08. The zero-order valence-corrected chi connectivity index (χ0v) is 12.0. The molecule has 0 spiro atoms. The Hall–Kier alpha value is -0.610. The second-order valence-electron chi connectivity index (χ2n) is 5.39. The summed E-state index contributed by atoms with van der Waals surface area (Å²) in [5, 5.41) is 3.11. The van der Waals surface area contributed by atoms with Gasteiger partial charge in [-0.1, -0.05) is 27.2 Å². The summed E-state index contributed by atoms with van der Waals surface area (Å²) in [5.41, 5.74) is 5.61. The minimum absolute atomic E-state index is 0.128. The summed E-state index contributed by atoms with van der Waals surface area (Å²) in [4.78, 5) is 14.0. The number of carbonyl (C=O) groups is 1. The summed E-state index contributed by atoms with van der Waals surface area (Å²) in [6.45, 7) is 7.81. The van der Waals surface area contributed by atoms with Gasteiger partial charge in [0.1, 0.15) is 0 Å². The first-order valence-electron chi connectivity index (χ1n) is 6.54. The lowest BCUT2D eigenvalue weighted by Crippen LogP contribution is -2.45. The zero-order valence-electron chi connectivity index (χ0n) is 12.0. The van der Waals surface area contributed by atoms with Crippen LogP contribution in [0.2, 0.25) is 0 Å². The molecule has 0 rings (SSSR count). The minimum Gasteiger partial charge on any atom is -0.352 e. The number of rotatable bonds is 8. The van der Waals surface area contributed by atoms with Crippen molar-refractivity contribution in [1.82, 2.24) is 10.2 Å².